The fraction of sp³-hybridized carbons (Fsp3) is 0.550. The van der Waals surface area contributed by atoms with Gasteiger partial charge in [-0.25, -0.2) is 0 Å². The summed E-state index contributed by atoms with van der Waals surface area (Å²) in [6.45, 7) is 1.99. The maximum Gasteiger partial charge on any atom is 0.238 e. The summed E-state index contributed by atoms with van der Waals surface area (Å²) in [6.07, 6.45) is 4.16. The lowest BCUT2D eigenvalue weighted by atomic mass is 9.97. The maximum absolute atomic E-state index is 12.5. The first-order chi connectivity index (χ1) is 13.7. The molecule has 0 atom stereocenters. The highest BCUT2D eigenvalue weighted by Crippen LogP contribution is 2.40. The average Bonchev–Trinajstić information content (AvgIpc) is 3.45. The van der Waals surface area contributed by atoms with Crippen molar-refractivity contribution in [2.75, 3.05) is 39.2 Å². The van der Waals surface area contributed by atoms with Crippen molar-refractivity contribution in [3.8, 4) is 11.5 Å². The van der Waals surface area contributed by atoms with Crippen molar-refractivity contribution in [2.24, 2.45) is 0 Å². The predicted octanol–water partition coefficient (Wildman–Crippen LogP) is 2.78. The third kappa shape index (κ3) is 4.27. The van der Waals surface area contributed by atoms with E-state index in [0.29, 0.717) is 29.6 Å². The summed E-state index contributed by atoms with van der Waals surface area (Å²) in [6, 6.07) is 5.33. The summed E-state index contributed by atoms with van der Waals surface area (Å²) in [5.74, 6) is 3.53. The monoisotopic (exact) mass is 386 g/mol. The van der Waals surface area contributed by atoms with Crippen molar-refractivity contribution in [1.29, 1.82) is 0 Å². The van der Waals surface area contributed by atoms with Crippen molar-refractivity contribution in [1.82, 2.24) is 15.1 Å². The number of ether oxygens (including phenoxy) is 2. The van der Waals surface area contributed by atoms with Gasteiger partial charge in [-0.15, -0.1) is 10.2 Å². The highest BCUT2D eigenvalue weighted by molar-refractivity contribution is 5.94. The van der Waals surface area contributed by atoms with Crippen LogP contribution in [0.1, 0.15) is 49.3 Å². The number of hydrogen-bond donors (Lipinski definition) is 1. The first-order valence-corrected chi connectivity index (χ1v) is 9.73. The van der Waals surface area contributed by atoms with E-state index < -0.39 is 0 Å². The molecule has 2 fully saturated rings. The number of piperidine rings is 1. The quantitative estimate of drug-likeness (QED) is 0.782. The van der Waals surface area contributed by atoms with Crippen LogP contribution in [0.4, 0.5) is 5.69 Å². The number of benzene rings is 1. The Labute approximate surface area is 164 Å². The number of likely N-dealkylation sites (tertiary alicyclic amines) is 1. The van der Waals surface area contributed by atoms with Gasteiger partial charge >= 0.3 is 0 Å². The minimum atomic E-state index is -0.0705. The van der Waals surface area contributed by atoms with Gasteiger partial charge in [0.25, 0.3) is 0 Å². The van der Waals surface area contributed by atoms with Crippen LogP contribution in [0.5, 0.6) is 11.5 Å². The van der Waals surface area contributed by atoms with E-state index in [1.165, 1.54) is 0 Å². The van der Waals surface area contributed by atoms with Crippen LogP contribution in [0, 0.1) is 0 Å². The van der Waals surface area contributed by atoms with E-state index in [2.05, 4.69) is 20.4 Å². The van der Waals surface area contributed by atoms with Crippen molar-refractivity contribution in [2.45, 2.75) is 37.5 Å². The van der Waals surface area contributed by atoms with Crippen molar-refractivity contribution in [3.63, 3.8) is 0 Å². The fourth-order valence-electron chi connectivity index (χ4n) is 3.55. The number of carbonyl (C=O) groups excluding carboxylic acids is 1. The van der Waals surface area contributed by atoms with Gasteiger partial charge in [0.15, 0.2) is 0 Å². The van der Waals surface area contributed by atoms with Gasteiger partial charge in [0.2, 0.25) is 17.7 Å². The highest BCUT2D eigenvalue weighted by Gasteiger charge is 2.32. The second kappa shape index (κ2) is 8.18. The Morgan fingerprint density at radius 3 is 2.39 bits per heavy atom. The average molecular weight is 386 g/mol. The SMILES string of the molecule is COc1ccc(OC)c(NC(=O)CN2CCC(c3nnc(C4CC4)o3)CC2)c1. The molecule has 1 aliphatic heterocycles. The van der Waals surface area contributed by atoms with Crippen LogP contribution in [0.15, 0.2) is 22.6 Å². The molecule has 1 saturated carbocycles. The van der Waals surface area contributed by atoms with E-state index in [1.54, 1.807) is 32.4 Å². The summed E-state index contributed by atoms with van der Waals surface area (Å²) in [4.78, 5) is 14.6. The van der Waals surface area contributed by atoms with Crippen molar-refractivity contribution in [3.05, 3.63) is 30.0 Å². The lowest BCUT2D eigenvalue weighted by Crippen LogP contribution is -2.38. The van der Waals surface area contributed by atoms with E-state index in [4.69, 9.17) is 13.9 Å². The third-order valence-corrected chi connectivity index (χ3v) is 5.37. The molecule has 8 nitrogen and oxygen atoms in total. The maximum atomic E-state index is 12.5. The number of nitrogens with one attached hydrogen (secondary N) is 1. The van der Waals surface area contributed by atoms with Gasteiger partial charge in [0, 0.05) is 17.9 Å². The normalized spacial score (nSPS) is 18.1. The zero-order chi connectivity index (χ0) is 19.5. The molecule has 1 amide bonds. The first kappa shape index (κ1) is 18.7. The number of hydrogen-bond acceptors (Lipinski definition) is 7. The number of methoxy groups -OCH3 is 2. The molecular formula is C20H26N4O4. The minimum Gasteiger partial charge on any atom is -0.497 e. The number of amides is 1. The molecule has 2 heterocycles. The number of carbonyl (C=O) groups is 1. The highest BCUT2D eigenvalue weighted by atomic mass is 16.5. The Bertz CT molecular complexity index is 825. The zero-order valence-corrected chi connectivity index (χ0v) is 16.3. The largest absolute Gasteiger partial charge is 0.497 e. The van der Waals surface area contributed by atoms with E-state index in [1.807, 2.05) is 0 Å². The van der Waals surface area contributed by atoms with Crippen LogP contribution in [-0.2, 0) is 4.79 Å². The first-order valence-electron chi connectivity index (χ1n) is 9.73. The molecule has 2 aromatic rings. The van der Waals surface area contributed by atoms with E-state index in [0.717, 1.165) is 50.6 Å². The molecule has 0 unspecified atom stereocenters. The molecule has 8 heteroatoms. The Morgan fingerprint density at radius 2 is 1.79 bits per heavy atom. The molecule has 2 aliphatic rings. The Hall–Kier alpha value is -2.61. The van der Waals surface area contributed by atoms with Crippen LogP contribution >= 0.6 is 0 Å². The summed E-state index contributed by atoms with van der Waals surface area (Å²) in [5.41, 5.74) is 0.611. The Morgan fingerprint density at radius 1 is 1.11 bits per heavy atom. The van der Waals surface area contributed by atoms with Crippen molar-refractivity contribution < 1.29 is 18.7 Å². The lowest BCUT2D eigenvalue weighted by Gasteiger charge is -2.29. The molecule has 1 N–H and O–H groups in total. The Balaban J connectivity index is 1.29. The second-order valence-electron chi connectivity index (χ2n) is 7.42. The topological polar surface area (TPSA) is 89.7 Å². The molecular weight excluding hydrogens is 360 g/mol. The number of anilines is 1. The molecule has 1 saturated heterocycles. The van der Waals surface area contributed by atoms with Crippen LogP contribution in [0.2, 0.25) is 0 Å². The van der Waals surface area contributed by atoms with Gasteiger partial charge in [0.05, 0.1) is 26.5 Å². The minimum absolute atomic E-state index is 0.0705. The molecule has 150 valence electrons. The third-order valence-electron chi connectivity index (χ3n) is 5.37. The second-order valence-corrected chi connectivity index (χ2v) is 7.42. The summed E-state index contributed by atoms with van der Waals surface area (Å²) in [5, 5.41) is 11.3. The molecule has 28 heavy (non-hydrogen) atoms. The van der Waals surface area contributed by atoms with Crippen molar-refractivity contribution >= 4 is 11.6 Å². The van der Waals surface area contributed by atoms with E-state index >= 15 is 0 Å². The van der Waals surface area contributed by atoms with Gasteiger partial charge in [-0.1, -0.05) is 0 Å². The van der Waals surface area contributed by atoms with Gasteiger partial charge in [-0.3, -0.25) is 9.69 Å². The molecule has 1 aromatic carbocycles. The summed E-state index contributed by atoms with van der Waals surface area (Å²) >= 11 is 0. The molecule has 1 aliphatic carbocycles. The van der Waals surface area contributed by atoms with E-state index in [9.17, 15) is 4.79 Å². The molecule has 0 bridgehead atoms. The van der Waals surface area contributed by atoms with Crippen LogP contribution < -0.4 is 14.8 Å². The number of aromatic nitrogens is 2. The van der Waals surface area contributed by atoms with Gasteiger partial charge in [-0.2, -0.15) is 0 Å². The van der Waals surface area contributed by atoms with Crippen LogP contribution in [0.25, 0.3) is 0 Å². The van der Waals surface area contributed by atoms with E-state index in [-0.39, 0.29) is 11.8 Å². The van der Waals surface area contributed by atoms with Gasteiger partial charge < -0.3 is 19.2 Å². The van der Waals surface area contributed by atoms with Gasteiger partial charge in [-0.05, 0) is 50.9 Å². The smallest absolute Gasteiger partial charge is 0.238 e. The van der Waals surface area contributed by atoms with Crippen LogP contribution in [-0.4, -0.2) is 54.9 Å². The number of rotatable bonds is 7. The molecule has 4 rings (SSSR count). The van der Waals surface area contributed by atoms with Gasteiger partial charge in [0.1, 0.15) is 11.5 Å². The zero-order valence-electron chi connectivity index (χ0n) is 16.3. The number of nitrogens with zero attached hydrogens (tertiary/aromatic N) is 3. The summed E-state index contributed by atoms with van der Waals surface area (Å²) in [7, 11) is 3.17. The van der Waals surface area contributed by atoms with Crippen LogP contribution in [0.3, 0.4) is 0 Å². The lowest BCUT2D eigenvalue weighted by molar-refractivity contribution is -0.117. The predicted molar refractivity (Wildman–Crippen MR) is 103 cm³/mol. The molecule has 1 aromatic heterocycles. The standard InChI is InChI=1S/C20H26N4O4/c1-26-15-5-6-17(27-2)16(11-15)21-18(25)12-24-9-7-14(8-10-24)20-23-22-19(28-20)13-3-4-13/h5-6,11,13-14H,3-4,7-10,12H2,1-2H3,(H,21,25). The Kier molecular flexibility index (Phi) is 5.47. The fourth-order valence-corrected chi connectivity index (χ4v) is 3.55. The molecule has 0 radical (unpaired) electrons. The molecule has 0 spiro atoms. The summed E-state index contributed by atoms with van der Waals surface area (Å²) < 4.78 is 16.4.